The summed E-state index contributed by atoms with van der Waals surface area (Å²) in [5, 5.41) is 4.14. The molecule has 1 unspecified atom stereocenters. The first-order chi connectivity index (χ1) is 9.47. The van der Waals surface area contributed by atoms with Crippen molar-refractivity contribution in [2.24, 2.45) is 0 Å². The van der Waals surface area contributed by atoms with Gasteiger partial charge in [-0.05, 0) is 36.8 Å². The molecule has 0 saturated carbocycles. The second-order valence-corrected chi connectivity index (χ2v) is 5.44. The Kier molecular flexibility index (Phi) is 4.86. The molecule has 2 rings (SSSR count). The van der Waals surface area contributed by atoms with Gasteiger partial charge in [-0.15, -0.1) is 0 Å². The first-order valence-electron chi connectivity index (χ1n) is 5.84. The van der Waals surface area contributed by atoms with Gasteiger partial charge in [0.1, 0.15) is 5.15 Å². The fourth-order valence-electron chi connectivity index (χ4n) is 1.66. The highest BCUT2D eigenvalue weighted by molar-refractivity contribution is 6.42. The molecule has 1 heterocycles. The molecule has 0 radical (unpaired) electrons. The van der Waals surface area contributed by atoms with Gasteiger partial charge < -0.3 is 5.32 Å². The van der Waals surface area contributed by atoms with E-state index in [0.29, 0.717) is 20.8 Å². The van der Waals surface area contributed by atoms with Crippen LogP contribution >= 0.6 is 34.8 Å². The summed E-state index contributed by atoms with van der Waals surface area (Å²) in [5.41, 5.74) is 1.32. The van der Waals surface area contributed by atoms with Crippen LogP contribution in [0.5, 0.6) is 0 Å². The molecule has 0 aliphatic carbocycles. The Balaban J connectivity index is 2.10. The predicted octanol–water partition coefficient (Wildman–Crippen LogP) is 4.53. The predicted molar refractivity (Wildman–Crippen MR) is 81.6 cm³/mol. The number of pyridine rings is 1. The number of nitrogens with one attached hydrogen (secondary N) is 1. The first-order valence-corrected chi connectivity index (χ1v) is 6.98. The summed E-state index contributed by atoms with van der Waals surface area (Å²) in [6, 6.07) is 8.24. The first kappa shape index (κ1) is 15.1. The van der Waals surface area contributed by atoms with E-state index in [4.69, 9.17) is 34.8 Å². The molecular weight excluding hydrogens is 319 g/mol. The van der Waals surface area contributed by atoms with Gasteiger partial charge in [0.2, 0.25) is 0 Å². The van der Waals surface area contributed by atoms with E-state index >= 15 is 0 Å². The second-order valence-electron chi connectivity index (χ2n) is 4.24. The molecule has 1 amide bonds. The molecule has 0 aliphatic heterocycles. The number of nitrogens with zero attached hydrogens (tertiary/aromatic N) is 1. The van der Waals surface area contributed by atoms with Crippen molar-refractivity contribution in [3.63, 3.8) is 0 Å². The van der Waals surface area contributed by atoms with Crippen LogP contribution in [-0.4, -0.2) is 10.9 Å². The smallest absolute Gasteiger partial charge is 0.253 e. The number of halogens is 3. The molecule has 1 N–H and O–H groups in total. The lowest BCUT2D eigenvalue weighted by molar-refractivity contribution is 0.0939. The van der Waals surface area contributed by atoms with E-state index in [1.54, 1.807) is 24.3 Å². The van der Waals surface area contributed by atoms with Gasteiger partial charge in [-0.1, -0.05) is 40.9 Å². The van der Waals surface area contributed by atoms with Crippen molar-refractivity contribution in [1.82, 2.24) is 10.3 Å². The van der Waals surface area contributed by atoms with Crippen LogP contribution in [0, 0.1) is 0 Å². The van der Waals surface area contributed by atoms with Gasteiger partial charge in [-0.3, -0.25) is 4.79 Å². The van der Waals surface area contributed by atoms with Crippen molar-refractivity contribution < 1.29 is 4.79 Å². The Hall–Kier alpha value is -1.29. The summed E-state index contributed by atoms with van der Waals surface area (Å²) < 4.78 is 0. The third kappa shape index (κ3) is 3.63. The Morgan fingerprint density at radius 3 is 2.50 bits per heavy atom. The summed E-state index contributed by atoms with van der Waals surface area (Å²) in [5.74, 6) is -0.229. The molecule has 3 nitrogen and oxygen atoms in total. The Morgan fingerprint density at radius 2 is 1.90 bits per heavy atom. The molecule has 0 saturated heterocycles. The zero-order chi connectivity index (χ0) is 14.7. The normalized spacial score (nSPS) is 12.0. The summed E-state index contributed by atoms with van der Waals surface area (Å²) in [4.78, 5) is 15.9. The summed E-state index contributed by atoms with van der Waals surface area (Å²) >= 11 is 17.5. The van der Waals surface area contributed by atoms with E-state index in [-0.39, 0.29) is 11.9 Å². The molecule has 2 aromatic rings. The van der Waals surface area contributed by atoms with Gasteiger partial charge in [-0.2, -0.15) is 0 Å². The van der Waals surface area contributed by atoms with Crippen molar-refractivity contribution in [3.8, 4) is 0 Å². The topological polar surface area (TPSA) is 42.0 Å². The SMILES string of the molecule is CC(NC(=O)c1ccc(Cl)nc1)c1ccc(Cl)c(Cl)c1. The van der Waals surface area contributed by atoms with E-state index in [9.17, 15) is 4.79 Å². The number of hydrogen-bond acceptors (Lipinski definition) is 2. The fourth-order valence-corrected chi connectivity index (χ4v) is 2.07. The van der Waals surface area contributed by atoms with E-state index < -0.39 is 0 Å². The zero-order valence-corrected chi connectivity index (χ0v) is 12.8. The van der Waals surface area contributed by atoms with Crippen LogP contribution < -0.4 is 5.32 Å². The minimum atomic E-state index is -0.229. The molecule has 0 fully saturated rings. The van der Waals surface area contributed by atoms with E-state index in [0.717, 1.165) is 5.56 Å². The zero-order valence-electron chi connectivity index (χ0n) is 10.5. The number of hydrogen-bond donors (Lipinski definition) is 1. The number of benzene rings is 1. The largest absolute Gasteiger partial charge is 0.345 e. The second kappa shape index (κ2) is 6.44. The van der Waals surface area contributed by atoms with Gasteiger partial charge in [0.15, 0.2) is 0 Å². The quantitative estimate of drug-likeness (QED) is 0.840. The van der Waals surface area contributed by atoms with Crippen molar-refractivity contribution in [2.75, 3.05) is 0 Å². The average molecular weight is 330 g/mol. The lowest BCUT2D eigenvalue weighted by atomic mass is 10.1. The van der Waals surface area contributed by atoms with Crippen molar-refractivity contribution in [1.29, 1.82) is 0 Å². The lowest BCUT2D eigenvalue weighted by Crippen LogP contribution is -2.26. The minimum absolute atomic E-state index is 0.201. The molecule has 6 heteroatoms. The van der Waals surface area contributed by atoms with Crippen LogP contribution in [-0.2, 0) is 0 Å². The highest BCUT2D eigenvalue weighted by Gasteiger charge is 2.12. The van der Waals surface area contributed by atoms with Gasteiger partial charge in [-0.25, -0.2) is 4.98 Å². The number of aromatic nitrogens is 1. The summed E-state index contributed by atoms with van der Waals surface area (Å²) in [7, 11) is 0. The molecular formula is C14H11Cl3N2O. The van der Waals surface area contributed by atoms with Crippen LogP contribution in [0.25, 0.3) is 0 Å². The molecule has 1 atom stereocenters. The van der Waals surface area contributed by atoms with Crippen molar-refractivity contribution in [3.05, 3.63) is 62.9 Å². The van der Waals surface area contributed by atoms with Gasteiger partial charge >= 0.3 is 0 Å². The van der Waals surface area contributed by atoms with Crippen LogP contribution in [0.15, 0.2) is 36.5 Å². The molecule has 0 bridgehead atoms. The lowest BCUT2D eigenvalue weighted by Gasteiger charge is -2.15. The molecule has 20 heavy (non-hydrogen) atoms. The molecule has 104 valence electrons. The number of carbonyl (C=O) groups excluding carboxylic acids is 1. The van der Waals surface area contributed by atoms with E-state index in [1.165, 1.54) is 6.20 Å². The monoisotopic (exact) mass is 328 g/mol. The maximum atomic E-state index is 12.0. The third-order valence-electron chi connectivity index (χ3n) is 2.78. The minimum Gasteiger partial charge on any atom is -0.345 e. The van der Waals surface area contributed by atoms with Gasteiger partial charge in [0.05, 0.1) is 21.7 Å². The maximum absolute atomic E-state index is 12.0. The Bertz CT molecular complexity index is 629. The van der Waals surface area contributed by atoms with Crippen LogP contribution in [0.2, 0.25) is 15.2 Å². The van der Waals surface area contributed by atoms with E-state index in [2.05, 4.69) is 10.3 Å². The molecule has 0 spiro atoms. The standard InChI is InChI=1S/C14H11Cl3N2O/c1-8(9-2-4-11(15)12(16)6-9)19-14(20)10-3-5-13(17)18-7-10/h2-8H,1H3,(H,19,20). The highest BCUT2D eigenvalue weighted by atomic mass is 35.5. The number of carbonyl (C=O) groups is 1. The Morgan fingerprint density at radius 1 is 1.15 bits per heavy atom. The third-order valence-corrected chi connectivity index (χ3v) is 3.74. The average Bonchev–Trinajstić information content (AvgIpc) is 2.42. The summed E-state index contributed by atoms with van der Waals surface area (Å²) in [6.07, 6.45) is 1.43. The Labute approximate surface area is 131 Å². The molecule has 1 aromatic carbocycles. The van der Waals surface area contributed by atoms with Crippen LogP contribution in [0.1, 0.15) is 28.9 Å². The molecule has 0 aliphatic rings. The fraction of sp³-hybridized carbons (Fsp3) is 0.143. The van der Waals surface area contributed by atoms with Crippen molar-refractivity contribution >= 4 is 40.7 Å². The number of amides is 1. The number of rotatable bonds is 3. The molecule has 1 aromatic heterocycles. The van der Waals surface area contributed by atoms with Gasteiger partial charge in [0.25, 0.3) is 5.91 Å². The van der Waals surface area contributed by atoms with Crippen molar-refractivity contribution in [2.45, 2.75) is 13.0 Å². The van der Waals surface area contributed by atoms with Crippen LogP contribution in [0.3, 0.4) is 0 Å². The summed E-state index contributed by atoms with van der Waals surface area (Å²) in [6.45, 7) is 1.86. The van der Waals surface area contributed by atoms with E-state index in [1.807, 2.05) is 13.0 Å². The highest BCUT2D eigenvalue weighted by Crippen LogP contribution is 2.25. The van der Waals surface area contributed by atoms with Crippen LogP contribution in [0.4, 0.5) is 0 Å². The van der Waals surface area contributed by atoms with Gasteiger partial charge in [0, 0.05) is 6.20 Å². The maximum Gasteiger partial charge on any atom is 0.253 e.